The summed E-state index contributed by atoms with van der Waals surface area (Å²) in [5, 5.41) is 14.9. The fraction of sp³-hybridized carbons (Fsp3) is 0.333. The van der Waals surface area contributed by atoms with Crippen molar-refractivity contribution in [3.63, 3.8) is 0 Å². The minimum absolute atomic E-state index is 0.139. The van der Waals surface area contributed by atoms with E-state index in [2.05, 4.69) is 25.7 Å². The Balaban J connectivity index is 1.40. The predicted octanol–water partition coefficient (Wildman–Crippen LogP) is 3.21. The van der Waals surface area contributed by atoms with Gasteiger partial charge in [0.15, 0.2) is 5.16 Å². The number of aromatic nitrogens is 3. The fourth-order valence-electron chi connectivity index (χ4n) is 3.40. The number of nitrogens with zero attached hydrogens (tertiary/aromatic N) is 4. The summed E-state index contributed by atoms with van der Waals surface area (Å²) >= 11 is 1.34. The molecule has 1 saturated heterocycles. The first kappa shape index (κ1) is 21.0. The van der Waals surface area contributed by atoms with E-state index in [0.29, 0.717) is 23.1 Å². The van der Waals surface area contributed by atoms with Gasteiger partial charge in [-0.15, -0.1) is 10.2 Å². The van der Waals surface area contributed by atoms with Gasteiger partial charge in [0.1, 0.15) is 5.76 Å². The van der Waals surface area contributed by atoms with E-state index in [-0.39, 0.29) is 17.6 Å². The zero-order chi connectivity index (χ0) is 21.6. The van der Waals surface area contributed by atoms with Crippen LogP contribution in [0.15, 0.2) is 52.2 Å². The molecule has 10 heteroatoms. The van der Waals surface area contributed by atoms with Crippen molar-refractivity contribution >= 4 is 40.9 Å². The topological polar surface area (TPSA) is 105 Å². The smallest absolute Gasteiger partial charge is 0.234 e. The summed E-state index contributed by atoms with van der Waals surface area (Å²) < 4.78 is 7.51. The van der Waals surface area contributed by atoms with Crippen molar-refractivity contribution < 1.29 is 14.0 Å². The summed E-state index contributed by atoms with van der Waals surface area (Å²) in [6.07, 6.45) is 3.92. The van der Waals surface area contributed by atoms with Gasteiger partial charge in [-0.25, -0.2) is 0 Å². The molecule has 0 saturated carbocycles. The van der Waals surface area contributed by atoms with Crippen LogP contribution in [0.1, 0.15) is 25.5 Å². The molecule has 0 spiro atoms. The number of carbonyl (C=O) groups excluding carboxylic acids is 2. The molecule has 2 N–H and O–H groups in total. The molecule has 1 aliphatic rings. The Labute approximate surface area is 184 Å². The third-order valence-electron chi connectivity index (χ3n) is 4.80. The molecule has 1 fully saturated rings. The lowest BCUT2D eigenvalue weighted by Crippen LogP contribution is -2.22. The highest BCUT2D eigenvalue weighted by Crippen LogP contribution is 2.26. The average molecular weight is 441 g/mol. The number of thioether (sulfide) groups is 1. The molecule has 9 nitrogen and oxygen atoms in total. The van der Waals surface area contributed by atoms with Gasteiger partial charge in [-0.05, 0) is 49.2 Å². The Morgan fingerprint density at radius 2 is 1.77 bits per heavy atom. The number of hydrogen-bond acceptors (Lipinski definition) is 7. The zero-order valence-electron chi connectivity index (χ0n) is 17.2. The Morgan fingerprint density at radius 3 is 2.42 bits per heavy atom. The van der Waals surface area contributed by atoms with Crippen molar-refractivity contribution in [2.45, 2.75) is 31.5 Å². The maximum atomic E-state index is 12.5. The summed E-state index contributed by atoms with van der Waals surface area (Å²) in [7, 11) is 0. The van der Waals surface area contributed by atoms with Gasteiger partial charge in [0.05, 0.1) is 18.6 Å². The fourth-order valence-corrected chi connectivity index (χ4v) is 4.14. The monoisotopic (exact) mass is 440 g/mol. The Kier molecular flexibility index (Phi) is 6.56. The highest BCUT2D eigenvalue weighted by molar-refractivity contribution is 7.99. The largest absolute Gasteiger partial charge is 0.467 e. The summed E-state index contributed by atoms with van der Waals surface area (Å²) in [5.74, 6) is 1.54. The first-order chi connectivity index (χ1) is 15.1. The second-order valence-corrected chi connectivity index (χ2v) is 8.18. The number of amides is 2. The van der Waals surface area contributed by atoms with Crippen molar-refractivity contribution in [1.82, 2.24) is 14.8 Å². The van der Waals surface area contributed by atoms with Crippen LogP contribution >= 0.6 is 11.8 Å². The molecular weight excluding hydrogens is 416 g/mol. The molecule has 1 aromatic carbocycles. The van der Waals surface area contributed by atoms with Gasteiger partial charge in [0, 0.05) is 31.4 Å². The standard InChI is InChI=1S/C21H24N6O3S/c1-15(28)22-16-6-8-17(9-7-16)23-19(29)14-31-21-25-24-20(26-10-2-3-11-26)27(21)13-18-5-4-12-30-18/h4-9,12H,2-3,10-11,13-14H2,1H3,(H,22,28)(H,23,29). The maximum absolute atomic E-state index is 12.5. The minimum atomic E-state index is -0.146. The summed E-state index contributed by atoms with van der Waals surface area (Å²) in [4.78, 5) is 25.8. The molecular formula is C21H24N6O3S. The van der Waals surface area contributed by atoms with Gasteiger partial charge in [-0.1, -0.05) is 11.8 Å². The minimum Gasteiger partial charge on any atom is -0.467 e. The highest BCUT2D eigenvalue weighted by atomic mass is 32.2. The van der Waals surface area contributed by atoms with E-state index in [1.807, 2.05) is 16.7 Å². The van der Waals surface area contributed by atoms with E-state index in [0.717, 1.165) is 37.6 Å². The molecule has 2 amide bonds. The zero-order valence-corrected chi connectivity index (χ0v) is 18.0. The van der Waals surface area contributed by atoms with Crippen LogP contribution < -0.4 is 15.5 Å². The van der Waals surface area contributed by atoms with Crippen LogP contribution in [-0.4, -0.2) is 45.4 Å². The molecule has 0 bridgehead atoms. The quantitative estimate of drug-likeness (QED) is 0.518. The van der Waals surface area contributed by atoms with Crippen molar-refractivity contribution in [3.05, 3.63) is 48.4 Å². The number of furan rings is 1. The summed E-state index contributed by atoms with van der Waals surface area (Å²) in [5.41, 5.74) is 1.34. The van der Waals surface area contributed by atoms with Crippen LogP contribution in [0.25, 0.3) is 0 Å². The molecule has 0 aliphatic carbocycles. The summed E-state index contributed by atoms with van der Waals surface area (Å²) in [6.45, 7) is 3.87. The third kappa shape index (κ3) is 5.46. The number of benzene rings is 1. The molecule has 0 atom stereocenters. The first-order valence-electron chi connectivity index (χ1n) is 10.1. The van der Waals surface area contributed by atoms with Crippen molar-refractivity contribution in [2.75, 3.05) is 34.4 Å². The van der Waals surface area contributed by atoms with Crippen LogP contribution in [-0.2, 0) is 16.1 Å². The van der Waals surface area contributed by atoms with Gasteiger partial charge in [-0.3, -0.25) is 14.2 Å². The van der Waals surface area contributed by atoms with E-state index < -0.39 is 0 Å². The molecule has 0 unspecified atom stereocenters. The van der Waals surface area contributed by atoms with Crippen LogP contribution in [0, 0.1) is 0 Å². The lowest BCUT2D eigenvalue weighted by atomic mass is 10.3. The van der Waals surface area contributed by atoms with E-state index in [1.54, 1.807) is 30.5 Å². The second-order valence-electron chi connectivity index (χ2n) is 7.24. The van der Waals surface area contributed by atoms with Crippen molar-refractivity contribution in [3.8, 4) is 0 Å². The third-order valence-corrected chi connectivity index (χ3v) is 5.77. The van der Waals surface area contributed by atoms with E-state index in [1.165, 1.54) is 18.7 Å². The van der Waals surface area contributed by atoms with Gasteiger partial charge in [-0.2, -0.15) is 0 Å². The maximum Gasteiger partial charge on any atom is 0.234 e. The molecule has 0 radical (unpaired) electrons. The molecule has 31 heavy (non-hydrogen) atoms. The number of carbonyl (C=O) groups is 2. The molecule has 162 valence electrons. The number of hydrogen-bond donors (Lipinski definition) is 2. The normalized spacial score (nSPS) is 13.4. The van der Waals surface area contributed by atoms with Gasteiger partial charge in [0.25, 0.3) is 0 Å². The number of anilines is 3. The van der Waals surface area contributed by atoms with E-state index in [4.69, 9.17) is 4.42 Å². The van der Waals surface area contributed by atoms with E-state index >= 15 is 0 Å². The number of nitrogens with one attached hydrogen (secondary N) is 2. The van der Waals surface area contributed by atoms with Crippen molar-refractivity contribution in [1.29, 1.82) is 0 Å². The molecule has 1 aliphatic heterocycles. The van der Waals surface area contributed by atoms with Crippen LogP contribution in [0.4, 0.5) is 17.3 Å². The van der Waals surface area contributed by atoms with Gasteiger partial charge >= 0.3 is 0 Å². The first-order valence-corrected chi connectivity index (χ1v) is 11.1. The lowest BCUT2D eigenvalue weighted by Gasteiger charge is -2.17. The van der Waals surface area contributed by atoms with Crippen LogP contribution in [0.2, 0.25) is 0 Å². The Bertz CT molecular complexity index is 1030. The lowest BCUT2D eigenvalue weighted by molar-refractivity contribution is -0.114. The van der Waals surface area contributed by atoms with Crippen LogP contribution in [0.5, 0.6) is 0 Å². The highest BCUT2D eigenvalue weighted by Gasteiger charge is 2.22. The molecule has 4 rings (SSSR count). The van der Waals surface area contributed by atoms with Gasteiger partial charge < -0.3 is 20.0 Å². The molecule has 3 heterocycles. The van der Waals surface area contributed by atoms with Crippen molar-refractivity contribution in [2.24, 2.45) is 0 Å². The average Bonchev–Trinajstić information content (AvgIpc) is 3.50. The number of rotatable bonds is 8. The molecule has 3 aromatic rings. The Morgan fingerprint density at radius 1 is 1.06 bits per heavy atom. The van der Waals surface area contributed by atoms with Gasteiger partial charge in [0.2, 0.25) is 17.8 Å². The van der Waals surface area contributed by atoms with Crippen LogP contribution in [0.3, 0.4) is 0 Å². The Hall–Kier alpha value is -3.27. The SMILES string of the molecule is CC(=O)Nc1ccc(NC(=O)CSc2nnc(N3CCCC3)n2Cc2ccco2)cc1. The van der Waals surface area contributed by atoms with E-state index in [9.17, 15) is 9.59 Å². The second kappa shape index (κ2) is 9.69. The summed E-state index contributed by atoms with van der Waals surface area (Å²) in [6, 6.07) is 10.8. The predicted molar refractivity (Wildman–Crippen MR) is 119 cm³/mol. The molecule has 2 aromatic heterocycles.